The molecule has 0 radical (unpaired) electrons. The first-order chi connectivity index (χ1) is 11.4. The number of rotatable bonds is 4. The van der Waals surface area contributed by atoms with Crippen molar-refractivity contribution in [2.24, 2.45) is 0 Å². The second kappa shape index (κ2) is 7.23. The number of ether oxygens (including phenoxy) is 1. The summed E-state index contributed by atoms with van der Waals surface area (Å²) in [6.45, 7) is -0.617. The highest BCUT2D eigenvalue weighted by molar-refractivity contribution is 6.04. The van der Waals surface area contributed by atoms with Crippen LogP contribution in [-0.2, 0) is 4.74 Å². The SMILES string of the molecule is CNC(=O)c1ncn([C@@H]2O[C@H](CO)[C@H](O)[C@H](O)[C@H]2O)c1C(=O)NC. The number of hydrogen-bond acceptors (Lipinski definition) is 8. The van der Waals surface area contributed by atoms with Gasteiger partial charge in [0.05, 0.1) is 12.9 Å². The lowest BCUT2D eigenvalue weighted by molar-refractivity contribution is -0.251. The predicted molar refractivity (Wildman–Crippen MR) is 78.0 cm³/mol. The van der Waals surface area contributed by atoms with E-state index in [2.05, 4.69) is 15.6 Å². The van der Waals surface area contributed by atoms with Gasteiger partial charge in [-0.15, -0.1) is 0 Å². The molecule has 0 aliphatic carbocycles. The van der Waals surface area contributed by atoms with Gasteiger partial charge >= 0.3 is 0 Å². The first-order valence-electron chi connectivity index (χ1n) is 7.18. The molecule has 5 atom stereocenters. The van der Waals surface area contributed by atoms with Crippen molar-refractivity contribution in [3.63, 3.8) is 0 Å². The first-order valence-corrected chi connectivity index (χ1v) is 7.18. The van der Waals surface area contributed by atoms with Crippen molar-refractivity contribution >= 4 is 11.8 Å². The first kappa shape index (κ1) is 18.3. The highest BCUT2D eigenvalue weighted by Gasteiger charge is 2.45. The fraction of sp³-hybridized carbons (Fsp3) is 0.615. The second-order valence-electron chi connectivity index (χ2n) is 5.23. The summed E-state index contributed by atoms with van der Waals surface area (Å²) in [7, 11) is 2.71. The lowest BCUT2D eigenvalue weighted by atomic mass is 9.98. The van der Waals surface area contributed by atoms with Gasteiger partial charge in [-0.05, 0) is 0 Å². The number of carbonyl (C=O) groups is 2. The van der Waals surface area contributed by atoms with E-state index in [1.165, 1.54) is 14.1 Å². The van der Waals surface area contributed by atoms with E-state index >= 15 is 0 Å². The highest BCUT2D eigenvalue weighted by atomic mass is 16.6. The zero-order valence-electron chi connectivity index (χ0n) is 13.1. The lowest BCUT2D eigenvalue weighted by Gasteiger charge is -2.40. The van der Waals surface area contributed by atoms with Gasteiger partial charge in [0.15, 0.2) is 11.9 Å². The fourth-order valence-corrected chi connectivity index (χ4v) is 2.49. The van der Waals surface area contributed by atoms with Crippen LogP contribution >= 0.6 is 0 Å². The van der Waals surface area contributed by atoms with E-state index in [1.807, 2.05) is 0 Å². The predicted octanol–water partition coefficient (Wildman–Crippen LogP) is -3.43. The Morgan fingerprint density at radius 2 is 1.79 bits per heavy atom. The Kier molecular flexibility index (Phi) is 5.51. The monoisotopic (exact) mass is 344 g/mol. The standard InChI is InChI=1S/C13H20N4O7/c1-14-11(22)6-7(12(23)15-2)17(4-16-6)13-10(21)9(20)8(19)5(3-18)24-13/h4-5,8-10,13,18-21H,3H2,1-2H3,(H,14,22)(H,15,23)/t5-,8+,9+,10-,13-/m1/s1. The number of aliphatic hydroxyl groups excluding tert-OH is 4. The van der Waals surface area contributed by atoms with Crippen molar-refractivity contribution in [3.8, 4) is 0 Å². The van der Waals surface area contributed by atoms with Gasteiger partial charge in [0.25, 0.3) is 11.8 Å². The maximum atomic E-state index is 12.1. The van der Waals surface area contributed by atoms with E-state index in [4.69, 9.17) is 4.74 Å². The van der Waals surface area contributed by atoms with Crippen molar-refractivity contribution in [2.75, 3.05) is 20.7 Å². The van der Waals surface area contributed by atoms with Crippen LogP contribution in [0.3, 0.4) is 0 Å². The maximum absolute atomic E-state index is 12.1. The third kappa shape index (κ3) is 2.99. The summed E-state index contributed by atoms with van der Waals surface area (Å²) in [5, 5.41) is 43.8. The molecule has 1 aliphatic heterocycles. The molecule has 24 heavy (non-hydrogen) atoms. The molecule has 1 aliphatic rings. The third-order valence-electron chi connectivity index (χ3n) is 3.82. The molecule has 0 aromatic carbocycles. The van der Waals surface area contributed by atoms with Crippen molar-refractivity contribution < 1.29 is 34.8 Å². The summed E-state index contributed by atoms with van der Waals surface area (Å²) in [5.41, 5.74) is -0.394. The van der Waals surface area contributed by atoms with Gasteiger partial charge in [0, 0.05) is 14.1 Å². The normalized spacial score (nSPS) is 30.0. The van der Waals surface area contributed by atoms with Gasteiger partial charge in [-0.1, -0.05) is 0 Å². The van der Waals surface area contributed by atoms with Crippen LogP contribution in [-0.4, -0.2) is 86.9 Å². The lowest BCUT2D eigenvalue weighted by Crippen LogP contribution is -2.56. The summed E-state index contributed by atoms with van der Waals surface area (Å²) < 4.78 is 6.46. The van der Waals surface area contributed by atoms with Crippen LogP contribution in [0.5, 0.6) is 0 Å². The Hall–Kier alpha value is -2.05. The minimum absolute atomic E-state index is 0.193. The molecule has 1 aromatic heterocycles. The Morgan fingerprint density at radius 3 is 2.33 bits per heavy atom. The van der Waals surface area contributed by atoms with E-state index in [-0.39, 0.29) is 11.4 Å². The number of amides is 2. The number of nitrogens with zero attached hydrogens (tertiary/aromatic N) is 2. The smallest absolute Gasteiger partial charge is 0.272 e. The molecule has 2 amide bonds. The number of aliphatic hydroxyl groups is 4. The third-order valence-corrected chi connectivity index (χ3v) is 3.82. The fourth-order valence-electron chi connectivity index (χ4n) is 2.49. The Bertz CT molecular complexity index is 617. The van der Waals surface area contributed by atoms with Crippen LogP contribution in [0.4, 0.5) is 0 Å². The topological polar surface area (TPSA) is 166 Å². The summed E-state index contributed by atoms with van der Waals surface area (Å²) in [5.74, 6) is -1.29. The molecule has 134 valence electrons. The maximum Gasteiger partial charge on any atom is 0.272 e. The van der Waals surface area contributed by atoms with Crippen LogP contribution in [0.15, 0.2) is 6.33 Å². The van der Waals surface area contributed by atoms with E-state index in [0.717, 1.165) is 10.9 Å². The molecule has 11 nitrogen and oxygen atoms in total. The van der Waals surface area contributed by atoms with E-state index < -0.39 is 49.1 Å². The highest BCUT2D eigenvalue weighted by Crippen LogP contribution is 2.30. The minimum Gasteiger partial charge on any atom is -0.394 e. The number of hydrogen-bond donors (Lipinski definition) is 6. The molecule has 2 rings (SSSR count). The quantitative estimate of drug-likeness (QED) is 0.328. The van der Waals surface area contributed by atoms with Crippen LogP contribution in [0.25, 0.3) is 0 Å². The van der Waals surface area contributed by atoms with Crippen molar-refractivity contribution in [2.45, 2.75) is 30.6 Å². The molecular formula is C13H20N4O7. The summed E-state index contributed by atoms with van der Waals surface area (Å²) in [6, 6.07) is 0. The van der Waals surface area contributed by atoms with Crippen LogP contribution in [0.2, 0.25) is 0 Å². The molecule has 0 bridgehead atoms. The molecular weight excluding hydrogens is 324 g/mol. The molecule has 0 saturated carbocycles. The molecule has 1 aromatic rings. The summed E-state index contributed by atoms with van der Waals surface area (Å²) in [4.78, 5) is 27.9. The Balaban J connectivity index is 2.49. The van der Waals surface area contributed by atoms with Crippen molar-refractivity contribution in [3.05, 3.63) is 17.7 Å². The second-order valence-corrected chi connectivity index (χ2v) is 5.23. The molecule has 2 heterocycles. The van der Waals surface area contributed by atoms with Crippen molar-refractivity contribution in [1.82, 2.24) is 20.2 Å². The van der Waals surface area contributed by atoms with Crippen LogP contribution in [0, 0.1) is 0 Å². The molecule has 6 N–H and O–H groups in total. The van der Waals surface area contributed by atoms with Gasteiger partial charge in [-0.2, -0.15) is 0 Å². The molecule has 0 spiro atoms. The summed E-state index contributed by atoms with van der Waals surface area (Å²) >= 11 is 0. The van der Waals surface area contributed by atoms with Gasteiger partial charge in [-0.3, -0.25) is 14.2 Å². The van der Waals surface area contributed by atoms with Crippen LogP contribution in [0.1, 0.15) is 27.2 Å². The van der Waals surface area contributed by atoms with E-state index in [9.17, 15) is 30.0 Å². The molecule has 1 saturated heterocycles. The molecule has 0 unspecified atom stereocenters. The average Bonchev–Trinajstić information content (AvgIpc) is 3.03. The van der Waals surface area contributed by atoms with E-state index in [0.29, 0.717) is 0 Å². The largest absolute Gasteiger partial charge is 0.394 e. The van der Waals surface area contributed by atoms with E-state index in [1.54, 1.807) is 0 Å². The minimum atomic E-state index is -1.62. The van der Waals surface area contributed by atoms with Crippen LogP contribution < -0.4 is 10.6 Å². The zero-order valence-corrected chi connectivity index (χ0v) is 13.1. The number of imidazole rings is 1. The number of aromatic nitrogens is 2. The van der Waals surface area contributed by atoms with Gasteiger partial charge in [0.1, 0.15) is 30.1 Å². The van der Waals surface area contributed by atoms with Gasteiger partial charge in [-0.25, -0.2) is 4.98 Å². The number of carbonyl (C=O) groups excluding carboxylic acids is 2. The summed E-state index contributed by atoms with van der Waals surface area (Å²) in [6.07, 6.45) is -6.16. The zero-order chi connectivity index (χ0) is 18.0. The Morgan fingerprint density at radius 1 is 1.17 bits per heavy atom. The Labute approximate surface area is 136 Å². The average molecular weight is 344 g/mol. The van der Waals surface area contributed by atoms with Gasteiger partial charge in [0.2, 0.25) is 0 Å². The van der Waals surface area contributed by atoms with Crippen molar-refractivity contribution in [1.29, 1.82) is 0 Å². The molecule has 1 fully saturated rings. The molecule has 11 heteroatoms. The number of nitrogens with one attached hydrogen (secondary N) is 2. The van der Waals surface area contributed by atoms with Gasteiger partial charge < -0.3 is 35.8 Å².